The van der Waals surface area contributed by atoms with Crippen LogP contribution in [0.1, 0.15) is 12.5 Å². The summed E-state index contributed by atoms with van der Waals surface area (Å²) in [5.41, 5.74) is 7.67. The van der Waals surface area contributed by atoms with Crippen LogP contribution < -0.4 is 20.3 Å². The Morgan fingerprint density at radius 2 is 1.53 bits per heavy atom. The van der Waals surface area contributed by atoms with Crippen molar-refractivity contribution < 1.29 is 19.1 Å². The maximum absolute atomic E-state index is 12.1. The van der Waals surface area contributed by atoms with Gasteiger partial charge in [0, 0.05) is 5.56 Å². The number of hydrazine groups is 1. The van der Waals surface area contributed by atoms with Gasteiger partial charge >= 0.3 is 0 Å². The number of ether oxygens (including phenoxy) is 2. The van der Waals surface area contributed by atoms with Crippen molar-refractivity contribution in [1.82, 2.24) is 10.9 Å². The molecule has 0 bridgehead atoms. The Balaban J connectivity index is 1.48. The van der Waals surface area contributed by atoms with Gasteiger partial charge in [0.2, 0.25) is 0 Å². The molecule has 0 aliphatic carbocycles. The molecule has 0 radical (unpaired) electrons. The second-order valence-electron chi connectivity index (χ2n) is 6.76. The average Bonchev–Trinajstić information content (AvgIpc) is 2.78. The predicted molar refractivity (Wildman–Crippen MR) is 115 cm³/mol. The normalized spacial score (nSPS) is 11.3. The average molecular weight is 404 g/mol. The molecule has 0 aromatic heterocycles. The largest absolute Gasteiger partial charge is 0.483 e. The Morgan fingerprint density at radius 1 is 0.867 bits per heavy atom. The van der Waals surface area contributed by atoms with Crippen LogP contribution >= 0.6 is 0 Å². The van der Waals surface area contributed by atoms with E-state index < -0.39 is 17.9 Å². The maximum atomic E-state index is 12.1. The summed E-state index contributed by atoms with van der Waals surface area (Å²) in [5, 5.41) is 0. The summed E-state index contributed by atoms with van der Waals surface area (Å²) in [7, 11) is 0. The first kappa shape index (κ1) is 20.9. The first-order valence-electron chi connectivity index (χ1n) is 9.62. The summed E-state index contributed by atoms with van der Waals surface area (Å²) in [6.07, 6.45) is -0.771. The summed E-state index contributed by atoms with van der Waals surface area (Å²) < 4.78 is 11.2. The molecule has 6 nitrogen and oxygen atoms in total. The van der Waals surface area contributed by atoms with Gasteiger partial charge in [0.1, 0.15) is 11.5 Å². The van der Waals surface area contributed by atoms with Crippen LogP contribution in [0.15, 0.2) is 78.9 Å². The van der Waals surface area contributed by atoms with Crippen molar-refractivity contribution in [2.75, 3.05) is 6.61 Å². The number of hydrogen-bond acceptors (Lipinski definition) is 4. The van der Waals surface area contributed by atoms with Crippen molar-refractivity contribution in [2.24, 2.45) is 0 Å². The van der Waals surface area contributed by atoms with Crippen molar-refractivity contribution in [3.8, 4) is 22.6 Å². The highest BCUT2D eigenvalue weighted by Crippen LogP contribution is 2.29. The second-order valence-corrected chi connectivity index (χ2v) is 6.76. The van der Waals surface area contributed by atoms with Gasteiger partial charge < -0.3 is 9.47 Å². The molecule has 0 heterocycles. The molecule has 0 saturated heterocycles. The van der Waals surface area contributed by atoms with Gasteiger partial charge in [-0.1, -0.05) is 66.2 Å². The zero-order valence-corrected chi connectivity index (χ0v) is 16.9. The third-order valence-electron chi connectivity index (χ3n) is 4.36. The van der Waals surface area contributed by atoms with Crippen LogP contribution in [0.4, 0.5) is 0 Å². The number of aryl methyl sites for hydroxylation is 1. The van der Waals surface area contributed by atoms with E-state index in [0.717, 1.165) is 16.7 Å². The highest BCUT2D eigenvalue weighted by molar-refractivity contribution is 5.85. The molecule has 0 fully saturated rings. The lowest BCUT2D eigenvalue weighted by Crippen LogP contribution is -2.48. The first-order chi connectivity index (χ1) is 14.5. The van der Waals surface area contributed by atoms with Crippen LogP contribution in [0.2, 0.25) is 0 Å². The third kappa shape index (κ3) is 5.85. The lowest BCUT2D eigenvalue weighted by atomic mass is 10.1. The smallest absolute Gasteiger partial charge is 0.279 e. The molecule has 154 valence electrons. The van der Waals surface area contributed by atoms with Gasteiger partial charge in [-0.05, 0) is 37.6 Å². The fraction of sp³-hybridized carbons (Fsp3) is 0.167. The summed E-state index contributed by atoms with van der Waals surface area (Å²) >= 11 is 0. The van der Waals surface area contributed by atoms with Crippen LogP contribution in [-0.4, -0.2) is 24.5 Å². The van der Waals surface area contributed by atoms with E-state index in [2.05, 4.69) is 10.9 Å². The first-order valence-corrected chi connectivity index (χ1v) is 9.62. The van der Waals surface area contributed by atoms with Crippen molar-refractivity contribution in [2.45, 2.75) is 20.0 Å². The van der Waals surface area contributed by atoms with Crippen molar-refractivity contribution in [1.29, 1.82) is 0 Å². The fourth-order valence-electron chi connectivity index (χ4n) is 2.74. The van der Waals surface area contributed by atoms with E-state index in [1.807, 2.05) is 67.6 Å². The highest BCUT2D eigenvalue weighted by Gasteiger charge is 2.16. The van der Waals surface area contributed by atoms with Crippen molar-refractivity contribution >= 4 is 11.8 Å². The highest BCUT2D eigenvalue weighted by atomic mass is 16.5. The number of para-hydroxylation sites is 1. The number of benzene rings is 3. The van der Waals surface area contributed by atoms with Gasteiger partial charge in [0.05, 0.1) is 0 Å². The van der Waals surface area contributed by atoms with Gasteiger partial charge in [-0.15, -0.1) is 0 Å². The zero-order valence-electron chi connectivity index (χ0n) is 16.9. The minimum absolute atomic E-state index is 0.239. The van der Waals surface area contributed by atoms with Crippen molar-refractivity contribution in [3.05, 3.63) is 84.4 Å². The molecule has 0 spiro atoms. The van der Waals surface area contributed by atoms with Gasteiger partial charge in [-0.3, -0.25) is 20.4 Å². The third-order valence-corrected chi connectivity index (χ3v) is 4.36. The Bertz CT molecular complexity index is 988. The van der Waals surface area contributed by atoms with Crippen LogP contribution in [0.5, 0.6) is 11.5 Å². The van der Waals surface area contributed by atoms with E-state index in [4.69, 9.17) is 9.47 Å². The second kappa shape index (κ2) is 10.1. The molecule has 1 atom stereocenters. The number of carbonyl (C=O) groups excluding carboxylic acids is 2. The Hall–Kier alpha value is -3.80. The quantitative estimate of drug-likeness (QED) is 0.590. The molecule has 0 aliphatic rings. The SMILES string of the molecule is Cc1ccc(O[C@@H](C)C(=O)NNC(=O)COc2ccccc2-c2ccccc2)cc1. The van der Waals surface area contributed by atoms with Crippen LogP contribution in [-0.2, 0) is 9.59 Å². The van der Waals surface area contributed by atoms with Gasteiger partial charge in [0.25, 0.3) is 11.8 Å². The van der Waals surface area contributed by atoms with E-state index in [1.165, 1.54) is 0 Å². The monoisotopic (exact) mass is 404 g/mol. The molecule has 2 amide bonds. The lowest BCUT2D eigenvalue weighted by Gasteiger charge is -2.16. The van der Waals surface area contributed by atoms with E-state index >= 15 is 0 Å². The molecular weight excluding hydrogens is 380 g/mol. The number of rotatable bonds is 7. The van der Waals surface area contributed by atoms with Crippen LogP contribution in [0, 0.1) is 6.92 Å². The molecule has 30 heavy (non-hydrogen) atoms. The Labute approximate surface area is 175 Å². The standard InChI is InChI=1S/C24H24N2O4/c1-17-12-14-20(15-13-17)30-18(2)24(28)26-25-23(27)16-29-22-11-7-6-10-21(22)19-8-4-3-5-9-19/h3-15,18H,16H2,1-2H3,(H,25,27)(H,26,28)/t18-/m0/s1. The van der Waals surface area contributed by atoms with E-state index in [0.29, 0.717) is 11.5 Å². The van der Waals surface area contributed by atoms with Gasteiger partial charge in [-0.2, -0.15) is 0 Å². The Kier molecular flexibility index (Phi) is 7.05. The van der Waals surface area contributed by atoms with Gasteiger partial charge in [-0.25, -0.2) is 0 Å². The molecule has 0 saturated carbocycles. The maximum Gasteiger partial charge on any atom is 0.279 e. The van der Waals surface area contributed by atoms with Crippen molar-refractivity contribution in [3.63, 3.8) is 0 Å². The molecule has 6 heteroatoms. The number of nitrogens with one attached hydrogen (secondary N) is 2. The number of hydrogen-bond donors (Lipinski definition) is 2. The minimum atomic E-state index is -0.771. The summed E-state index contributed by atoms with van der Waals surface area (Å²) in [6, 6.07) is 24.6. The van der Waals surface area contributed by atoms with E-state index in [9.17, 15) is 9.59 Å². The fourth-order valence-corrected chi connectivity index (χ4v) is 2.74. The molecular formula is C24H24N2O4. The molecule has 0 aliphatic heterocycles. The lowest BCUT2D eigenvalue weighted by molar-refractivity contribution is -0.133. The van der Waals surface area contributed by atoms with Crippen LogP contribution in [0.3, 0.4) is 0 Å². The topological polar surface area (TPSA) is 76.7 Å². The van der Waals surface area contributed by atoms with Gasteiger partial charge in [0.15, 0.2) is 12.7 Å². The summed E-state index contributed by atoms with van der Waals surface area (Å²) in [5.74, 6) is 0.221. The summed E-state index contributed by atoms with van der Waals surface area (Å²) in [6.45, 7) is 3.33. The number of carbonyl (C=O) groups is 2. The molecule has 2 N–H and O–H groups in total. The molecule has 3 rings (SSSR count). The zero-order chi connectivity index (χ0) is 21.3. The Morgan fingerprint density at radius 3 is 2.27 bits per heavy atom. The summed E-state index contributed by atoms with van der Waals surface area (Å²) in [4.78, 5) is 24.2. The van der Waals surface area contributed by atoms with Crippen LogP contribution in [0.25, 0.3) is 11.1 Å². The minimum Gasteiger partial charge on any atom is -0.483 e. The molecule has 3 aromatic rings. The number of amides is 2. The molecule has 0 unspecified atom stereocenters. The molecule has 3 aromatic carbocycles. The van der Waals surface area contributed by atoms with E-state index in [-0.39, 0.29) is 6.61 Å². The van der Waals surface area contributed by atoms with E-state index in [1.54, 1.807) is 25.1 Å². The predicted octanol–water partition coefficient (Wildman–Crippen LogP) is 3.66.